The van der Waals surface area contributed by atoms with E-state index in [1.165, 1.54) is 19.2 Å². The summed E-state index contributed by atoms with van der Waals surface area (Å²) in [5.74, 6) is 0.577. The van der Waals surface area contributed by atoms with Crippen molar-refractivity contribution in [1.29, 1.82) is 0 Å². The third kappa shape index (κ3) is 3.07. The fourth-order valence-electron chi connectivity index (χ4n) is 2.66. The van der Waals surface area contributed by atoms with E-state index in [9.17, 15) is 4.79 Å². The van der Waals surface area contributed by atoms with Gasteiger partial charge >= 0.3 is 0 Å². The van der Waals surface area contributed by atoms with Gasteiger partial charge in [0.25, 0.3) is 5.91 Å². The van der Waals surface area contributed by atoms with Crippen LogP contribution in [0.3, 0.4) is 0 Å². The van der Waals surface area contributed by atoms with Crippen molar-refractivity contribution >= 4 is 21.8 Å². The van der Waals surface area contributed by atoms with Crippen LogP contribution in [0.15, 0.2) is 18.7 Å². The summed E-state index contributed by atoms with van der Waals surface area (Å²) in [6.45, 7) is 2.24. The van der Waals surface area contributed by atoms with E-state index in [0.29, 0.717) is 11.5 Å². The summed E-state index contributed by atoms with van der Waals surface area (Å²) in [6.07, 6.45) is 9.00. The van der Waals surface area contributed by atoms with E-state index in [2.05, 4.69) is 38.1 Å². The van der Waals surface area contributed by atoms with Crippen LogP contribution >= 0.6 is 15.9 Å². The summed E-state index contributed by atoms with van der Waals surface area (Å²) >= 11 is 3.55. The Hall–Kier alpha value is -0.970. The average Bonchev–Trinajstić information content (AvgIpc) is 2.39. The number of hydrogen-bond donors (Lipinski definition) is 1. The molecule has 2 unspecified atom stereocenters. The molecule has 0 saturated heterocycles. The van der Waals surface area contributed by atoms with Gasteiger partial charge < -0.3 is 5.32 Å². The largest absolute Gasteiger partial charge is 0.346 e. The minimum atomic E-state index is -0.120. The number of hydrogen-bond acceptors (Lipinski definition) is 3. The number of nitrogens with zero attached hydrogens (tertiary/aromatic N) is 2. The molecule has 1 saturated carbocycles. The maximum atomic E-state index is 12.2. The Labute approximate surface area is 116 Å². The van der Waals surface area contributed by atoms with E-state index in [4.69, 9.17) is 0 Å². The van der Waals surface area contributed by atoms with Crippen LogP contribution in [0.4, 0.5) is 0 Å². The minimum Gasteiger partial charge on any atom is -0.346 e. The fourth-order valence-corrected chi connectivity index (χ4v) is 3.31. The standard InChI is InChI=1S/C13H18BrN3O/c1-10-3-2-4-13(5-10,8-14)17-12(18)11-6-15-9-16-7-11/h6-7,9-10H,2-5,8H2,1H3,(H,17,18). The first-order chi connectivity index (χ1) is 8.65. The van der Waals surface area contributed by atoms with E-state index in [1.807, 2.05) is 0 Å². The van der Waals surface area contributed by atoms with Crippen LogP contribution in [-0.4, -0.2) is 26.7 Å². The van der Waals surface area contributed by atoms with Gasteiger partial charge in [0.15, 0.2) is 0 Å². The average molecular weight is 312 g/mol. The molecule has 0 aromatic carbocycles. The molecule has 1 aliphatic rings. The van der Waals surface area contributed by atoms with Crippen LogP contribution in [0.5, 0.6) is 0 Å². The number of rotatable bonds is 3. The third-order valence-corrected chi connectivity index (χ3v) is 4.62. The zero-order valence-corrected chi connectivity index (χ0v) is 12.1. The lowest BCUT2D eigenvalue weighted by atomic mass is 9.77. The normalized spacial score (nSPS) is 27.8. The molecule has 18 heavy (non-hydrogen) atoms. The van der Waals surface area contributed by atoms with Crippen molar-refractivity contribution in [3.8, 4) is 0 Å². The van der Waals surface area contributed by atoms with E-state index >= 15 is 0 Å². The molecule has 1 aromatic rings. The SMILES string of the molecule is CC1CCCC(CBr)(NC(=O)c2cncnc2)C1. The van der Waals surface area contributed by atoms with E-state index in [1.54, 1.807) is 12.4 Å². The van der Waals surface area contributed by atoms with Crippen LogP contribution in [-0.2, 0) is 0 Å². The number of amides is 1. The zero-order valence-electron chi connectivity index (χ0n) is 10.5. The molecule has 2 atom stereocenters. The van der Waals surface area contributed by atoms with Gasteiger partial charge in [0.1, 0.15) is 6.33 Å². The lowest BCUT2D eigenvalue weighted by Crippen LogP contribution is -2.52. The first-order valence-corrected chi connectivity index (χ1v) is 7.41. The first-order valence-electron chi connectivity index (χ1n) is 6.29. The van der Waals surface area contributed by atoms with Crippen LogP contribution in [0.2, 0.25) is 0 Å². The molecule has 1 N–H and O–H groups in total. The van der Waals surface area contributed by atoms with Crippen molar-refractivity contribution in [2.45, 2.75) is 38.1 Å². The van der Waals surface area contributed by atoms with Crippen molar-refractivity contribution in [1.82, 2.24) is 15.3 Å². The van der Waals surface area contributed by atoms with Crippen molar-refractivity contribution < 1.29 is 4.79 Å². The van der Waals surface area contributed by atoms with Crippen LogP contribution in [0.25, 0.3) is 0 Å². The van der Waals surface area contributed by atoms with Gasteiger partial charge in [0.2, 0.25) is 0 Å². The molecular weight excluding hydrogens is 294 g/mol. The fraction of sp³-hybridized carbons (Fsp3) is 0.615. The monoisotopic (exact) mass is 311 g/mol. The first kappa shape index (κ1) is 13.5. The van der Waals surface area contributed by atoms with Gasteiger partial charge in [-0.15, -0.1) is 0 Å². The van der Waals surface area contributed by atoms with Gasteiger partial charge in [-0.2, -0.15) is 0 Å². The highest BCUT2D eigenvalue weighted by Crippen LogP contribution is 2.33. The third-order valence-electron chi connectivity index (χ3n) is 3.55. The molecule has 1 amide bonds. The Kier molecular flexibility index (Phi) is 4.32. The van der Waals surface area contributed by atoms with Crippen LogP contribution in [0, 0.1) is 5.92 Å². The number of aromatic nitrogens is 2. The Morgan fingerprint density at radius 2 is 2.28 bits per heavy atom. The molecule has 4 nitrogen and oxygen atoms in total. The van der Waals surface area contributed by atoms with Crippen molar-refractivity contribution in [3.63, 3.8) is 0 Å². The van der Waals surface area contributed by atoms with Crippen molar-refractivity contribution in [3.05, 3.63) is 24.3 Å². The molecular formula is C13H18BrN3O. The Morgan fingerprint density at radius 1 is 1.56 bits per heavy atom. The highest BCUT2D eigenvalue weighted by Gasteiger charge is 2.35. The van der Waals surface area contributed by atoms with Gasteiger partial charge in [-0.1, -0.05) is 35.7 Å². The number of halogens is 1. The molecule has 0 spiro atoms. The highest BCUT2D eigenvalue weighted by molar-refractivity contribution is 9.09. The van der Waals surface area contributed by atoms with Gasteiger partial charge in [-0.05, 0) is 18.8 Å². The lowest BCUT2D eigenvalue weighted by molar-refractivity contribution is 0.0868. The smallest absolute Gasteiger partial charge is 0.254 e. The second kappa shape index (κ2) is 5.78. The number of nitrogens with one attached hydrogen (secondary N) is 1. The van der Waals surface area contributed by atoms with Gasteiger partial charge in [-0.25, -0.2) is 9.97 Å². The quantitative estimate of drug-likeness (QED) is 0.873. The second-order valence-electron chi connectivity index (χ2n) is 5.20. The maximum Gasteiger partial charge on any atom is 0.254 e. The van der Waals surface area contributed by atoms with Gasteiger partial charge in [-0.3, -0.25) is 4.79 Å². The molecule has 98 valence electrons. The van der Waals surface area contributed by atoms with Gasteiger partial charge in [0, 0.05) is 17.7 Å². The van der Waals surface area contributed by atoms with E-state index in [0.717, 1.165) is 18.2 Å². The molecule has 5 heteroatoms. The number of carbonyl (C=O) groups excluding carboxylic acids is 1. The molecule has 0 aliphatic heterocycles. The van der Waals surface area contributed by atoms with Gasteiger partial charge in [0.05, 0.1) is 11.1 Å². The zero-order chi connectivity index (χ0) is 13.0. The summed E-state index contributed by atoms with van der Waals surface area (Å²) in [5.41, 5.74) is 0.404. The predicted octanol–water partition coefficient (Wildman–Crippen LogP) is 2.55. The topological polar surface area (TPSA) is 54.9 Å². The van der Waals surface area contributed by atoms with E-state index in [-0.39, 0.29) is 11.4 Å². The summed E-state index contributed by atoms with van der Waals surface area (Å²) < 4.78 is 0. The second-order valence-corrected chi connectivity index (χ2v) is 5.76. The number of alkyl halides is 1. The van der Waals surface area contributed by atoms with Crippen molar-refractivity contribution in [2.75, 3.05) is 5.33 Å². The summed E-state index contributed by atoms with van der Waals surface area (Å²) in [6, 6.07) is 0. The van der Waals surface area contributed by atoms with Crippen LogP contribution in [0.1, 0.15) is 43.0 Å². The van der Waals surface area contributed by atoms with Crippen molar-refractivity contribution in [2.24, 2.45) is 5.92 Å². The number of carbonyl (C=O) groups is 1. The molecule has 1 aromatic heterocycles. The molecule has 0 bridgehead atoms. The maximum absolute atomic E-state index is 12.2. The Bertz CT molecular complexity index is 412. The van der Waals surface area contributed by atoms with Crippen LogP contribution < -0.4 is 5.32 Å². The molecule has 2 rings (SSSR count). The molecule has 0 radical (unpaired) electrons. The molecule has 1 aliphatic carbocycles. The summed E-state index contributed by atoms with van der Waals surface area (Å²) in [4.78, 5) is 19.9. The molecule has 1 fully saturated rings. The minimum absolute atomic E-state index is 0.0795. The summed E-state index contributed by atoms with van der Waals surface area (Å²) in [5, 5.41) is 3.96. The Morgan fingerprint density at radius 3 is 2.89 bits per heavy atom. The highest BCUT2D eigenvalue weighted by atomic mass is 79.9. The Balaban J connectivity index is 2.08. The predicted molar refractivity (Wildman–Crippen MR) is 73.7 cm³/mol. The lowest BCUT2D eigenvalue weighted by Gasteiger charge is -2.39. The molecule has 1 heterocycles. The van der Waals surface area contributed by atoms with E-state index < -0.39 is 0 Å². The summed E-state index contributed by atoms with van der Waals surface area (Å²) in [7, 11) is 0.